The molecule has 0 aliphatic heterocycles. The quantitative estimate of drug-likeness (QED) is 0.839. The summed E-state index contributed by atoms with van der Waals surface area (Å²) in [5, 5.41) is 18.7. The number of rotatable bonds is 4. The van der Waals surface area contributed by atoms with E-state index >= 15 is 0 Å². The summed E-state index contributed by atoms with van der Waals surface area (Å²) < 4.78 is 18.8. The lowest BCUT2D eigenvalue weighted by Crippen LogP contribution is -2.00. The van der Waals surface area contributed by atoms with Crippen LogP contribution in [0.2, 0.25) is 5.02 Å². The summed E-state index contributed by atoms with van der Waals surface area (Å²) in [6, 6.07) is 6.33. The lowest BCUT2D eigenvalue weighted by molar-refractivity contribution is 0.0693. The van der Waals surface area contributed by atoms with Crippen LogP contribution in [-0.4, -0.2) is 16.2 Å². The van der Waals surface area contributed by atoms with Crippen LogP contribution in [-0.2, 0) is 6.61 Å². The zero-order chi connectivity index (χ0) is 15.6. The smallest absolute Gasteiger partial charge is 0.339 e. The number of aromatic hydroxyl groups is 1. The molecular weight excluding hydrogens is 367 g/mol. The maximum Gasteiger partial charge on any atom is 0.339 e. The van der Waals surface area contributed by atoms with E-state index in [1.54, 1.807) is 0 Å². The number of ether oxygens (including phenoxy) is 1. The van der Waals surface area contributed by atoms with Gasteiger partial charge in [0.25, 0.3) is 0 Å². The first kappa shape index (κ1) is 15.6. The van der Waals surface area contributed by atoms with Gasteiger partial charge in [0.1, 0.15) is 29.5 Å². The molecule has 4 nitrogen and oxygen atoms in total. The number of carboxylic acid groups (broad SMARTS) is 1. The molecule has 0 radical (unpaired) electrons. The summed E-state index contributed by atoms with van der Waals surface area (Å²) >= 11 is 9.04. The summed E-state index contributed by atoms with van der Waals surface area (Å²) in [6.07, 6.45) is 0. The maximum absolute atomic E-state index is 12.9. The number of carbonyl (C=O) groups is 1. The third-order valence-corrected chi connectivity index (χ3v) is 3.65. The molecule has 0 spiro atoms. The molecule has 0 heterocycles. The van der Waals surface area contributed by atoms with Crippen LogP contribution in [0.25, 0.3) is 0 Å². The fourth-order valence-electron chi connectivity index (χ4n) is 1.62. The first-order chi connectivity index (χ1) is 9.88. The van der Waals surface area contributed by atoms with Crippen molar-refractivity contribution >= 4 is 33.5 Å². The van der Waals surface area contributed by atoms with E-state index in [9.17, 15) is 14.3 Å². The first-order valence-corrected chi connectivity index (χ1v) is 6.88. The highest BCUT2D eigenvalue weighted by molar-refractivity contribution is 9.10. The van der Waals surface area contributed by atoms with Crippen LogP contribution in [0.5, 0.6) is 11.5 Å². The maximum atomic E-state index is 12.9. The summed E-state index contributed by atoms with van der Waals surface area (Å²) in [4.78, 5) is 10.9. The van der Waals surface area contributed by atoms with Crippen molar-refractivity contribution < 1.29 is 24.1 Å². The molecule has 0 unspecified atom stereocenters. The molecule has 2 rings (SSSR count). The molecule has 0 saturated carbocycles. The van der Waals surface area contributed by atoms with E-state index in [1.165, 1.54) is 30.3 Å². The second-order valence-electron chi connectivity index (χ2n) is 4.13. The molecule has 2 aromatic rings. The van der Waals surface area contributed by atoms with Crippen molar-refractivity contribution in [2.75, 3.05) is 0 Å². The minimum atomic E-state index is -1.25. The van der Waals surface area contributed by atoms with Gasteiger partial charge in [-0.2, -0.15) is 0 Å². The second kappa shape index (κ2) is 6.32. The van der Waals surface area contributed by atoms with Gasteiger partial charge in [-0.05, 0) is 34.1 Å². The van der Waals surface area contributed by atoms with Gasteiger partial charge in [-0.3, -0.25) is 0 Å². The number of benzene rings is 2. The van der Waals surface area contributed by atoms with E-state index in [0.29, 0.717) is 10.0 Å². The van der Waals surface area contributed by atoms with Gasteiger partial charge in [0.2, 0.25) is 0 Å². The predicted molar refractivity (Wildman–Crippen MR) is 78.5 cm³/mol. The normalized spacial score (nSPS) is 10.4. The SMILES string of the molecule is O=C(O)c1cc(Br)c(OCc2ccc(F)cc2Cl)cc1O. The van der Waals surface area contributed by atoms with Gasteiger partial charge in [-0.25, -0.2) is 9.18 Å². The van der Waals surface area contributed by atoms with Gasteiger partial charge in [-0.1, -0.05) is 17.7 Å². The van der Waals surface area contributed by atoms with E-state index in [2.05, 4.69) is 15.9 Å². The highest BCUT2D eigenvalue weighted by atomic mass is 79.9. The summed E-state index contributed by atoms with van der Waals surface area (Å²) in [7, 11) is 0. The molecule has 0 atom stereocenters. The summed E-state index contributed by atoms with van der Waals surface area (Å²) in [6.45, 7) is 0.0452. The first-order valence-electron chi connectivity index (χ1n) is 5.71. The van der Waals surface area contributed by atoms with E-state index < -0.39 is 17.5 Å². The monoisotopic (exact) mass is 374 g/mol. The standard InChI is InChI=1S/C14H9BrClFO4/c15-10-4-9(14(19)20)12(18)5-13(10)21-6-7-1-2-8(17)3-11(7)16/h1-5,18H,6H2,(H,19,20). The largest absolute Gasteiger partial charge is 0.507 e. The van der Waals surface area contributed by atoms with Crippen molar-refractivity contribution in [3.05, 3.63) is 56.8 Å². The van der Waals surface area contributed by atoms with Gasteiger partial charge in [-0.15, -0.1) is 0 Å². The van der Waals surface area contributed by atoms with Crippen molar-refractivity contribution in [2.24, 2.45) is 0 Å². The predicted octanol–water partition coefficient (Wildman–Crippen LogP) is 4.22. The molecule has 0 amide bonds. The Hall–Kier alpha value is -1.79. The van der Waals surface area contributed by atoms with E-state index in [1.807, 2.05) is 0 Å². The lowest BCUT2D eigenvalue weighted by atomic mass is 10.2. The van der Waals surface area contributed by atoms with Crippen LogP contribution in [0.3, 0.4) is 0 Å². The Kier molecular flexibility index (Phi) is 4.69. The third-order valence-electron chi connectivity index (χ3n) is 2.68. The molecule has 110 valence electrons. The lowest BCUT2D eigenvalue weighted by Gasteiger charge is -2.11. The average molecular weight is 376 g/mol. The van der Waals surface area contributed by atoms with Crippen LogP contribution in [0.15, 0.2) is 34.8 Å². The summed E-state index contributed by atoms with van der Waals surface area (Å²) in [5.41, 5.74) is 0.320. The Balaban J connectivity index is 2.20. The van der Waals surface area contributed by atoms with Gasteiger partial charge >= 0.3 is 5.97 Å². The molecule has 2 aromatic carbocycles. The van der Waals surface area contributed by atoms with E-state index in [0.717, 1.165) is 0 Å². The van der Waals surface area contributed by atoms with Gasteiger partial charge in [0.15, 0.2) is 0 Å². The van der Waals surface area contributed by atoms with Gasteiger partial charge in [0.05, 0.1) is 9.50 Å². The molecule has 7 heteroatoms. The average Bonchev–Trinajstić information content (AvgIpc) is 2.40. The number of hydrogen-bond acceptors (Lipinski definition) is 3. The number of aromatic carboxylic acids is 1. The van der Waals surface area contributed by atoms with Crippen molar-refractivity contribution in [3.63, 3.8) is 0 Å². The zero-order valence-electron chi connectivity index (χ0n) is 10.4. The van der Waals surface area contributed by atoms with Crippen LogP contribution >= 0.6 is 27.5 Å². The van der Waals surface area contributed by atoms with Crippen LogP contribution in [0.1, 0.15) is 15.9 Å². The highest BCUT2D eigenvalue weighted by Gasteiger charge is 2.14. The number of halogens is 3. The van der Waals surface area contributed by atoms with Gasteiger partial charge in [0, 0.05) is 11.6 Å². The van der Waals surface area contributed by atoms with Crippen molar-refractivity contribution in [3.8, 4) is 11.5 Å². The van der Waals surface area contributed by atoms with E-state index in [-0.39, 0.29) is 22.9 Å². The molecule has 0 fully saturated rings. The molecule has 2 N–H and O–H groups in total. The molecule has 21 heavy (non-hydrogen) atoms. The molecule has 0 saturated heterocycles. The molecule has 0 aromatic heterocycles. The van der Waals surface area contributed by atoms with Gasteiger partial charge < -0.3 is 14.9 Å². The minimum absolute atomic E-state index is 0.0452. The summed E-state index contributed by atoms with van der Waals surface area (Å²) in [5.74, 6) is -1.86. The topological polar surface area (TPSA) is 66.8 Å². The number of hydrogen-bond donors (Lipinski definition) is 2. The Labute approximate surface area is 132 Å². The Morgan fingerprint density at radius 1 is 1.33 bits per heavy atom. The fraction of sp³-hybridized carbons (Fsp3) is 0.0714. The molecule has 0 aliphatic rings. The molecule has 0 bridgehead atoms. The van der Waals surface area contributed by atoms with Crippen molar-refractivity contribution in [1.29, 1.82) is 0 Å². The Morgan fingerprint density at radius 3 is 2.67 bits per heavy atom. The van der Waals surface area contributed by atoms with Crippen molar-refractivity contribution in [1.82, 2.24) is 0 Å². The second-order valence-corrected chi connectivity index (χ2v) is 5.39. The Bertz CT molecular complexity index is 706. The molecule has 0 aliphatic carbocycles. The van der Waals surface area contributed by atoms with Crippen LogP contribution in [0, 0.1) is 5.82 Å². The highest BCUT2D eigenvalue weighted by Crippen LogP contribution is 2.33. The van der Waals surface area contributed by atoms with E-state index in [4.69, 9.17) is 21.4 Å². The zero-order valence-corrected chi connectivity index (χ0v) is 12.8. The minimum Gasteiger partial charge on any atom is -0.507 e. The third kappa shape index (κ3) is 3.65. The Morgan fingerprint density at radius 2 is 2.05 bits per heavy atom. The molecular formula is C14H9BrClFO4. The fourth-order valence-corrected chi connectivity index (χ4v) is 2.30. The number of carboxylic acids is 1. The van der Waals surface area contributed by atoms with Crippen LogP contribution in [0.4, 0.5) is 4.39 Å². The van der Waals surface area contributed by atoms with Crippen molar-refractivity contribution in [2.45, 2.75) is 6.61 Å². The number of phenols is 1. The van der Waals surface area contributed by atoms with Crippen LogP contribution < -0.4 is 4.74 Å².